The fourth-order valence-corrected chi connectivity index (χ4v) is 3.11. The van der Waals surface area contributed by atoms with Crippen LogP contribution in [0.15, 0.2) is 16.6 Å². The van der Waals surface area contributed by atoms with Crippen molar-refractivity contribution in [2.75, 3.05) is 5.73 Å². The summed E-state index contributed by atoms with van der Waals surface area (Å²) >= 11 is 5.17. The summed E-state index contributed by atoms with van der Waals surface area (Å²) in [5.74, 6) is -0.780. The molecule has 1 heterocycles. The molecule has 3 rings (SSSR count). The Balaban J connectivity index is 2.18. The highest BCUT2D eigenvalue weighted by Crippen LogP contribution is 2.43. The van der Waals surface area contributed by atoms with Gasteiger partial charge in [-0.05, 0) is 63.5 Å². The van der Waals surface area contributed by atoms with Crippen LogP contribution in [-0.2, 0) is 0 Å². The Morgan fingerprint density at radius 3 is 2.60 bits per heavy atom. The molecule has 0 spiro atoms. The van der Waals surface area contributed by atoms with Crippen molar-refractivity contribution in [1.82, 2.24) is 9.97 Å². The first-order chi connectivity index (χ1) is 9.49. The molecule has 2 aromatic rings. The topological polar surface area (TPSA) is 51.8 Å². The van der Waals surface area contributed by atoms with E-state index >= 15 is 0 Å². The Hall–Kier alpha value is -0.830. The number of nitrogens with two attached hydrogens (primary N) is 1. The zero-order valence-electron chi connectivity index (χ0n) is 10.1. The Morgan fingerprint density at radius 1 is 1.25 bits per heavy atom. The van der Waals surface area contributed by atoms with Crippen molar-refractivity contribution >= 4 is 44.3 Å². The summed E-state index contributed by atoms with van der Waals surface area (Å²) in [4.78, 5) is 8.66. The van der Waals surface area contributed by atoms with Crippen LogP contribution in [0, 0.1) is 15.2 Å². The lowest BCUT2D eigenvalue weighted by atomic mass is 10.2. The van der Waals surface area contributed by atoms with Gasteiger partial charge in [-0.1, -0.05) is 0 Å². The molecule has 1 saturated carbocycles. The summed E-state index contributed by atoms with van der Waals surface area (Å²) in [6, 6.07) is 2.50. The lowest BCUT2D eigenvalue weighted by molar-refractivity contribution is 0.504. The molecule has 20 heavy (non-hydrogen) atoms. The second-order valence-corrected chi connectivity index (χ2v) is 6.50. The second-order valence-electron chi connectivity index (χ2n) is 4.63. The van der Waals surface area contributed by atoms with E-state index < -0.39 is 11.6 Å². The van der Waals surface area contributed by atoms with Gasteiger partial charge >= 0.3 is 0 Å². The average Bonchev–Trinajstić information content (AvgIpc) is 3.24. The Kier molecular flexibility index (Phi) is 3.65. The number of aromatic nitrogens is 2. The molecule has 0 radical (unpaired) electrons. The molecule has 2 N–H and O–H groups in total. The minimum Gasteiger partial charge on any atom is -0.383 e. The predicted octanol–water partition coefficient (Wildman–Crippen LogP) is 4.25. The molecule has 0 aliphatic heterocycles. The first kappa shape index (κ1) is 14.1. The van der Waals surface area contributed by atoms with Crippen LogP contribution in [0.5, 0.6) is 0 Å². The van der Waals surface area contributed by atoms with Crippen LogP contribution in [0.2, 0.25) is 0 Å². The van der Waals surface area contributed by atoms with Crippen molar-refractivity contribution in [3.05, 3.63) is 37.5 Å². The second kappa shape index (κ2) is 5.18. The van der Waals surface area contributed by atoms with Crippen LogP contribution in [0.1, 0.15) is 24.5 Å². The Labute approximate surface area is 136 Å². The smallest absolute Gasteiger partial charge is 0.173 e. The molecule has 3 nitrogen and oxygen atoms in total. The van der Waals surface area contributed by atoms with E-state index in [2.05, 4.69) is 48.5 Å². The van der Waals surface area contributed by atoms with Gasteiger partial charge in [0.25, 0.3) is 0 Å². The number of hydrogen-bond acceptors (Lipinski definition) is 3. The monoisotopic (exact) mass is 451 g/mol. The summed E-state index contributed by atoms with van der Waals surface area (Å²) in [5.41, 5.74) is 7.19. The number of hydrogen-bond donors (Lipinski definition) is 1. The fourth-order valence-electron chi connectivity index (χ4n) is 1.93. The molecular weight excluding hydrogens is 443 g/mol. The third-order valence-corrected chi connectivity index (χ3v) is 5.02. The van der Waals surface area contributed by atoms with Gasteiger partial charge < -0.3 is 5.73 Å². The highest BCUT2D eigenvalue weighted by molar-refractivity contribution is 14.1. The van der Waals surface area contributed by atoms with Gasteiger partial charge in [0.05, 0.1) is 13.7 Å². The van der Waals surface area contributed by atoms with Crippen molar-refractivity contribution in [1.29, 1.82) is 0 Å². The van der Waals surface area contributed by atoms with Gasteiger partial charge in [0.1, 0.15) is 5.82 Å². The van der Waals surface area contributed by atoms with E-state index in [-0.39, 0.29) is 4.47 Å². The third-order valence-electron chi connectivity index (χ3n) is 3.14. The fraction of sp³-hybridized carbons (Fsp3) is 0.231. The predicted molar refractivity (Wildman–Crippen MR) is 84.2 cm³/mol. The molecule has 0 amide bonds. The van der Waals surface area contributed by atoms with E-state index in [0.717, 1.165) is 28.2 Å². The average molecular weight is 452 g/mol. The van der Waals surface area contributed by atoms with Gasteiger partial charge in [0, 0.05) is 11.5 Å². The molecular formula is C13H9BrF2IN3. The molecule has 0 saturated heterocycles. The van der Waals surface area contributed by atoms with Crippen LogP contribution in [-0.4, -0.2) is 9.97 Å². The summed E-state index contributed by atoms with van der Waals surface area (Å²) in [5, 5.41) is 0. The summed E-state index contributed by atoms with van der Waals surface area (Å²) < 4.78 is 27.6. The Bertz CT molecular complexity index is 705. The van der Waals surface area contributed by atoms with E-state index in [1.807, 2.05) is 0 Å². The minimum absolute atomic E-state index is 0.0138. The van der Waals surface area contributed by atoms with Gasteiger partial charge in [0.15, 0.2) is 17.5 Å². The van der Waals surface area contributed by atoms with E-state index in [0.29, 0.717) is 23.1 Å². The third kappa shape index (κ3) is 2.41. The molecule has 1 aromatic carbocycles. The number of benzene rings is 1. The van der Waals surface area contributed by atoms with E-state index in [9.17, 15) is 8.78 Å². The van der Waals surface area contributed by atoms with E-state index in [1.54, 1.807) is 0 Å². The number of halogens is 4. The molecule has 1 fully saturated rings. The van der Waals surface area contributed by atoms with Gasteiger partial charge in [0.2, 0.25) is 0 Å². The van der Waals surface area contributed by atoms with Crippen LogP contribution in [0.3, 0.4) is 0 Å². The highest BCUT2D eigenvalue weighted by atomic mass is 127. The zero-order valence-corrected chi connectivity index (χ0v) is 13.9. The quantitative estimate of drug-likeness (QED) is 0.548. The van der Waals surface area contributed by atoms with Crippen molar-refractivity contribution in [2.24, 2.45) is 0 Å². The Morgan fingerprint density at radius 2 is 1.95 bits per heavy atom. The lowest BCUT2D eigenvalue weighted by Gasteiger charge is -2.10. The minimum atomic E-state index is -0.948. The van der Waals surface area contributed by atoms with Gasteiger partial charge in [-0.15, -0.1) is 0 Å². The first-order valence-corrected chi connectivity index (χ1v) is 7.83. The van der Waals surface area contributed by atoms with Crippen molar-refractivity contribution < 1.29 is 8.78 Å². The maximum atomic E-state index is 13.6. The van der Waals surface area contributed by atoms with Crippen LogP contribution in [0.4, 0.5) is 14.6 Å². The van der Waals surface area contributed by atoms with Crippen LogP contribution < -0.4 is 5.73 Å². The lowest BCUT2D eigenvalue weighted by Crippen LogP contribution is -2.05. The van der Waals surface area contributed by atoms with Crippen molar-refractivity contribution in [2.45, 2.75) is 18.8 Å². The van der Waals surface area contributed by atoms with E-state index in [1.165, 1.54) is 6.07 Å². The maximum Gasteiger partial charge on any atom is 0.173 e. The normalized spacial score (nSPS) is 14.6. The summed E-state index contributed by atoms with van der Waals surface area (Å²) in [6.07, 6.45) is 2.15. The van der Waals surface area contributed by atoms with Crippen molar-refractivity contribution in [3.63, 3.8) is 0 Å². The summed E-state index contributed by atoms with van der Waals surface area (Å²) in [7, 11) is 0. The molecule has 1 aliphatic rings. The first-order valence-electron chi connectivity index (χ1n) is 5.95. The standard InChI is InChI=1S/C13H9BrF2IN3/c14-8-6(3-4-7(15)9(8)16)13-19-11(5-1-2-5)10(17)12(18)20-13/h3-5H,1-2H2,(H2,18,19,20). The molecule has 0 bridgehead atoms. The van der Waals surface area contributed by atoms with Gasteiger partial charge in [-0.25, -0.2) is 18.7 Å². The molecule has 0 atom stereocenters. The molecule has 7 heteroatoms. The SMILES string of the molecule is Nc1nc(-c2ccc(F)c(F)c2Br)nc(C2CC2)c1I. The maximum absolute atomic E-state index is 13.6. The number of nitrogens with zero attached hydrogens (tertiary/aromatic N) is 2. The largest absolute Gasteiger partial charge is 0.383 e. The number of rotatable bonds is 2. The van der Waals surface area contributed by atoms with Gasteiger partial charge in [-0.2, -0.15) is 0 Å². The number of anilines is 1. The molecule has 1 aliphatic carbocycles. The molecule has 104 valence electrons. The molecule has 1 aromatic heterocycles. The molecule has 0 unspecified atom stereocenters. The van der Waals surface area contributed by atoms with Crippen LogP contribution in [0.25, 0.3) is 11.4 Å². The zero-order chi connectivity index (χ0) is 14.4. The number of nitrogen functional groups attached to an aromatic ring is 1. The summed E-state index contributed by atoms with van der Waals surface area (Å²) in [6.45, 7) is 0. The van der Waals surface area contributed by atoms with E-state index in [4.69, 9.17) is 5.73 Å². The van der Waals surface area contributed by atoms with Crippen LogP contribution >= 0.6 is 38.5 Å². The highest BCUT2D eigenvalue weighted by Gasteiger charge is 2.29. The van der Waals surface area contributed by atoms with Gasteiger partial charge in [-0.3, -0.25) is 0 Å². The van der Waals surface area contributed by atoms with Crippen molar-refractivity contribution in [3.8, 4) is 11.4 Å².